The smallest absolute Gasteiger partial charge is 0.341 e. The van der Waals surface area contributed by atoms with Gasteiger partial charge in [-0.25, -0.2) is 0 Å². The van der Waals surface area contributed by atoms with E-state index in [1.165, 1.54) is 31.1 Å². The molecule has 0 saturated carbocycles. The van der Waals surface area contributed by atoms with E-state index in [1.54, 1.807) is 0 Å². The van der Waals surface area contributed by atoms with Crippen molar-refractivity contribution in [3.8, 4) is 0 Å². The summed E-state index contributed by atoms with van der Waals surface area (Å²) in [7, 11) is -1.26. The van der Waals surface area contributed by atoms with Crippen LogP contribution in [0.15, 0.2) is 24.3 Å². The first-order valence-electron chi connectivity index (χ1n) is 7.65. The number of amides is 1. The van der Waals surface area contributed by atoms with E-state index in [0.717, 1.165) is 16.4 Å². The standard InChI is InChI=1S/C15H20F3N3O3S/c1-20(2)25(23,24)19-13(10-21-8-4-7-14(21)22)11-5-3-6-12(9-11)15(16,17)18/h3,5-6,9,13,19H,4,7-8,10H2,1-2H3. The number of carbonyl (C=O) groups is 1. The highest BCUT2D eigenvalue weighted by molar-refractivity contribution is 7.87. The van der Waals surface area contributed by atoms with E-state index in [9.17, 15) is 26.4 Å². The van der Waals surface area contributed by atoms with Gasteiger partial charge in [0.1, 0.15) is 0 Å². The molecule has 0 aliphatic carbocycles. The molecular weight excluding hydrogens is 359 g/mol. The van der Waals surface area contributed by atoms with Gasteiger partial charge in [0.25, 0.3) is 10.2 Å². The van der Waals surface area contributed by atoms with Crippen molar-refractivity contribution in [3.05, 3.63) is 35.4 Å². The van der Waals surface area contributed by atoms with Gasteiger partial charge in [-0.2, -0.15) is 30.6 Å². The monoisotopic (exact) mass is 379 g/mol. The predicted molar refractivity (Wildman–Crippen MR) is 85.7 cm³/mol. The molecule has 2 rings (SSSR count). The van der Waals surface area contributed by atoms with Crippen molar-refractivity contribution in [3.63, 3.8) is 0 Å². The van der Waals surface area contributed by atoms with Crippen molar-refractivity contribution in [1.29, 1.82) is 0 Å². The Hall–Kier alpha value is -1.65. The van der Waals surface area contributed by atoms with Crippen LogP contribution in [0.4, 0.5) is 13.2 Å². The summed E-state index contributed by atoms with van der Waals surface area (Å²) in [6.45, 7) is 0.436. The molecule has 0 radical (unpaired) electrons. The first-order chi connectivity index (χ1) is 11.5. The maximum absolute atomic E-state index is 13.0. The number of nitrogens with zero attached hydrogens (tertiary/aromatic N) is 2. The molecule has 1 aromatic carbocycles. The quantitative estimate of drug-likeness (QED) is 0.819. The lowest BCUT2D eigenvalue weighted by atomic mass is 10.0. The van der Waals surface area contributed by atoms with Gasteiger partial charge in [-0.05, 0) is 24.1 Å². The molecule has 1 saturated heterocycles. The molecule has 0 spiro atoms. The number of alkyl halides is 3. The summed E-state index contributed by atoms with van der Waals surface area (Å²) in [4.78, 5) is 13.3. The molecule has 1 heterocycles. The minimum absolute atomic E-state index is 0.0206. The molecule has 1 N–H and O–H groups in total. The summed E-state index contributed by atoms with van der Waals surface area (Å²) < 4.78 is 66.4. The number of hydrogen-bond acceptors (Lipinski definition) is 3. The van der Waals surface area contributed by atoms with Crippen LogP contribution in [0.5, 0.6) is 0 Å². The maximum atomic E-state index is 13.0. The fourth-order valence-electron chi connectivity index (χ4n) is 2.55. The molecule has 1 aromatic rings. The highest BCUT2D eigenvalue weighted by atomic mass is 32.2. The molecule has 25 heavy (non-hydrogen) atoms. The van der Waals surface area contributed by atoms with E-state index in [2.05, 4.69) is 4.72 Å². The molecule has 0 aromatic heterocycles. The van der Waals surface area contributed by atoms with Gasteiger partial charge in [0.15, 0.2) is 0 Å². The Kier molecular flexibility index (Phi) is 5.75. The zero-order valence-electron chi connectivity index (χ0n) is 13.9. The molecular formula is C15H20F3N3O3S. The minimum atomic E-state index is -4.54. The SMILES string of the molecule is CN(C)S(=O)(=O)NC(CN1CCCC1=O)c1cccc(C(F)(F)F)c1. The summed E-state index contributed by atoms with van der Waals surface area (Å²) in [6.07, 6.45) is -3.53. The number of hydrogen-bond donors (Lipinski definition) is 1. The third-order valence-corrected chi connectivity index (χ3v) is 5.51. The number of halogens is 3. The number of likely N-dealkylation sites (tertiary alicyclic amines) is 1. The van der Waals surface area contributed by atoms with E-state index in [4.69, 9.17) is 0 Å². The van der Waals surface area contributed by atoms with Crippen LogP contribution in [0.1, 0.15) is 30.0 Å². The number of carbonyl (C=O) groups excluding carboxylic acids is 1. The predicted octanol–water partition coefficient (Wildman–Crippen LogP) is 1.76. The van der Waals surface area contributed by atoms with Crippen LogP contribution in [-0.4, -0.2) is 50.7 Å². The summed E-state index contributed by atoms with van der Waals surface area (Å²) in [6, 6.07) is 3.49. The van der Waals surface area contributed by atoms with Crippen molar-refractivity contribution >= 4 is 16.1 Å². The summed E-state index contributed by atoms with van der Waals surface area (Å²) in [5.74, 6) is -0.138. The third-order valence-electron chi connectivity index (χ3n) is 3.96. The van der Waals surface area contributed by atoms with Crippen molar-refractivity contribution in [2.45, 2.75) is 25.1 Å². The second kappa shape index (κ2) is 7.30. The molecule has 1 aliphatic heterocycles. The minimum Gasteiger partial charge on any atom is -0.341 e. The van der Waals surface area contributed by atoms with Gasteiger partial charge < -0.3 is 4.90 Å². The lowest BCUT2D eigenvalue weighted by Crippen LogP contribution is -2.43. The first kappa shape index (κ1) is 19.7. The summed E-state index contributed by atoms with van der Waals surface area (Å²) in [5.41, 5.74) is -0.716. The lowest BCUT2D eigenvalue weighted by molar-refractivity contribution is -0.137. The molecule has 140 valence electrons. The Labute approximate surface area is 144 Å². The van der Waals surface area contributed by atoms with Crippen molar-refractivity contribution < 1.29 is 26.4 Å². The second-order valence-electron chi connectivity index (χ2n) is 6.02. The average molecular weight is 379 g/mol. The molecule has 1 fully saturated rings. The lowest BCUT2D eigenvalue weighted by Gasteiger charge is -2.26. The van der Waals surface area contributed by atoms with Crippen LogP contribution in [-0.2, 0) is 21.2 Å². The Morgan fingerprint density at radius 3 is 2.52 bits per heavy atom. The maximum Gasteiger partial charge on any atom is 0.416 e. The number of rotatable bonds is 6. The highest BCUT2D eigenvalue weighted by Gasteiger charge is 2.33. The average Bonchev–Trinajstić information content (AvgIpc) is 2.91. The van der Waals surface area contributed by atoms with Gasteiger partial charge in [0, 0.05) is 33.6 Å². The van der Waals surface area contributed by atoms with Crippen LogP contribution in [0.2, 0.25) is 0 Å². The summed E-state index contributed by atoms with van der Waals surface area (Å²) in [5, 5.41) is 0. The first-order valence-corrected chi connectivity index (χ1v) is 9.09. The Morgan fingerprint density at radius 1 is 1.32 bits per heavy atom. The van der Waals surface area contributed by atoms with E-state index >= 15 is 0 Å². The van der Waals surface area contributed by atoms with E-state index in [-0.39, 0.29) is 18.0 Å². The topological polar surface area (TPSA) is 69.7 Å². The fraction of sp³-hybridized carbons (Fsp3) is 0.533. The van der Waals surface area contributed by atoms with Gasteiger partial charge in [0.2, 0.25) is 5.91 Å². The summed E-state index contributed by atoms with van der Waals surface area (Å²) >= 11 is 0. The van der Waals surface area contributed by atoms with Crippen LogP contribution >= 0.6 is 0 Å². The highest BCUT2D eigenvalue weighted by Crippen LogP contribution is 2.31. The largest absolute Gasteiger partial charge is 0.416 e. The zero-order chi connectivity index (χ0) is 18.8. The molecule has 10 heteroatoms. The van der Waals surface area contributed by atoms with Gasteiger partial charge in [-0.3, -0.25) is 4.79 Å². The van der Waals surface area contributed by atoms with Crippen molar-refractivity contribution in [2.24, 2.45) is 0 Å². The van der Waals surface area contributed by atoms with E-state index in [1.807, 2.05) is 0 Å². The molecule has 6 nitrogen and oxygen atoms in total. The van der Waals surface area contributed by atoms with E-state index in [0.29, 0.717) is 19.4 Å². The zero-order valence-corrected chi connectivity index (χ0v) is 14.7. The molecule has 1 unspecified atom stereocenters. The number of benzene rings is 1. The van der Waals surface area contributed by atoms with Crippen LogP contribution < -0.4 is 4.72 Å². The molecule has 1 aliphatic rings. The number of nitrogens with one attached hydrogen (secondary N) is 1. The van der Waals surface area contributed by atoms with Crippen LogP contribution in [0, 0.1) is 0 Å². The Morgan fingerprint density at radius 2 is 2.00 bits per heavy atom. The van der Waals surface area contributed by atoms with Gasteiger partial charge in [0.05, 0.1) is 11.6 Å². The van der Waals surface area contributed by atoms with Crippen molar-refractivity contribution in [2.75, 3.05) is 27.2 Å². The molecule has 1 atom stereocenters. The van der Waals surface area contributed by atoms with E-state index < -0.39 is 28.0 Å². The Bertz CT molecular complexity index is 735. The van der Waals surface area contributed by atoms with Crippen LogP contribution in [0.3, 0.4) is 0 Å². The molecule has 0 bridgehead atoms. The molecule has 1 amide bonds. The third kappa shape index (κ3) is 4.93. The second-order valence-corrected chi connectivity index (χ2v) is 7.94. The van der Waals surface area contributed by atoms with Gasteiger partial charge >= 0.3 is 6.18 Å². The van der Waals surface area contributed by atoms with Gasteiger partial charge in [-0.1, -0.05) is 12.1 Å². The van der Waals surface area contributed by atoms with Crippen LogP contribution in [0.25, 0.3) is 0 Å². The fourth-order valence-corrected chi connectivity index (χ4v) is 3.33. The Balaban J connectivity index is 2.35. The van der Waals surface area contributed by atoms with Gasteiger partial charge in [-0.15, -0.1) is 0 Å². The normalized spacial score (nSPS) is 17.4. The van der Waals surface area contributed by atoms with Crippen molar-refractivity contribution in [1.82, 2.24) is 13.9 Å².